The number of carbonyl (C=O) groups is 1. The van der Waals surface area contributed by atoms with Crippen LogP contribution in [0.25, 0.3) is 0 Å². The molecule has 3 unspecified atom stereocenters. The van der Waals surface area contributed by atoms with Crippen LogP contribution in [0.2, 0.25) is 0 Å². The Morgan fingerprint density at radius 2 is 1.78 bits per heavy atom. The Balaban J connectivity index is 3.00. The number of ether oxygens (including phenoxy) is 1. The molecule has 5 nitrogen and oxygen atoms in total. The zero-order valence-corrected chi connectivity index (χ0v) is 14.2. The molecule has 1 aliphatic carbocycles. The monoisotopic (exact) mass is 336 g/mol. The van der Waals surface area contributed by atoms with Crippen LogP contribution in [-0.4, -0.2) is 41.3 Å². The summed E-state index contributed by atoms with van der Waals surface area (Å²) in [5.41, 5.74) is 10.2. The molecule has 0 aromatic rings. The Morgan fingerprint density at radius 3 is 2.22 bits per heavy atom. The molecule has 1 aliphatic rings. The third-order valence-corrected chi connectivity index (χ3v) is 4.32. The minimum Gasteiger partial charge on any atom is -0.460 e. The summed E-state index contributed by atoms with van der Waals surface area (Å²) in [6, 6.07) is -1.41. The average molecular weight is 336 g/mol. The lowest BCUT2D eigenvalue weighted by atomic mass is 9.74. The summed E-state index contributed by atoms with van der Waals surface area (Å²) in [6.45, 7) is 4.10. The van der Waals surface area contributed by atoms with Crippen LogP contribution in [0.15, 0.2) is 0 Å². The smallest absolute Gasteiger partial charge is 0.311 e. The minimum atomic E-state index is -3.53. The highest BCUT2D eigenvalue weighted by molar-refractivity contribution is 5.74. The lowest BCUT2D eigenvalue weighted by Crippen LogP contribution is -2.57. The number of hydrogen-bond acceptors (Lipinski definition) is 5. The van der Waals surface area contributed by atoms with E-state index in [0.29, 0.717) is 0 Å². The molecule has 1 saturated carbocycles. The van der Waals surface area contributed by atoms with Crippen LogP contribution in [0.3, 0.4) is 0 Å². The number of halogens is 2. The molecule has 0 bridgehead atoms. The number of aliphatic hydroxyl groups excluding tert-OH is 1. The predicted molar refractivity (Wildman–Crippen MR) is 83.9 cm³/mol. The van der Waals surface area contributed by atoms with E-state index in [4.69, 9.17) is 16.2 Å². The van der Waals surface area contributed by atoms with Crippen molar-refractivity contribution in [3.63, 3.8) is 0 Å². The maximum Gasteiger partial charge on any atom is 0.311 e. The quantitative estimate of drug-likeness (QED) is 0.643. The second-order valence-electron chi connectivity index (χ2n) is 7.44. The van der Waals surface area contributed by atoms with E-state index >= 15 is 0 Å². The van der Waals surface area contributed by atoms with Gasteiger partial charge >= 0.3 is 5.97 Å². The first-order chi connectivity index (χ1) is 10.5. The van der Waals surface area contributed by atoms with Crippen LogP contribution in [-0.2, 0) is 9.53 Å². The van der Waals surface area contributed by atoms with Gasteiger partial charge < -0.3 is 21.3 Å². The molecule has 0 amide bonds. The fraction of sp³-hybridized carbons (Fsp3) is 0.938. The maximum absolute atomic E-state index is 13.7. The van der Waals surface area contributed by atoms with Gasteiger partial charge in [0, 0.05) is 0 Å². The summed E-state index contributed by atoms with van der Waals surface area (Å²) >= 11 is 0. The van der Waals surface area contributed by atoms with E-state index in [0.717, 1.165) is 32.1 Å². The largest absolute Gasteiger partial charge is 0.460 e. The Kier molecular flexibility index (Phi) is 6.92. The highest BCUT2D eigenvalue weighted by Crippen LogP contribution is 2.35. The van der Waals surface area contributed by atoms with Gasteiger partial charge in [0.05, 0.1) is 18.5 Å². The van der Waals surface area contributed by atoms with Crippen molar-refractivity contribution < 1.29 is 23.4 Å². The molecule has 0 saturated heterocycles. The SMILES string of the molecule is CC(C)(C)OC(=O)C(C1CCCCC1)C(N)C(O)C(F)(F)CN. The van der Waals surface area contributed by atoms with Gasteiger partial charge in [0.2, 0.25) is 0 Å². The van der Waals surface area contributed by atoms with Gasteiger partial charge in [-0.05, 0) is 39.5 Å². The second kappa shape index (κ2) is 7.85. The van der Waals surface area contributed by atoms with Gasteiger partial charge in [0.1, 0.15) is 11.7 Å². The molecule has 23 heavy (non-hydrogen) atoms. The van der Waals surface area contributed by atoms with Crippen molar-refractivity contribution in [2.24, 2.45) is 23.3 Å². The van der Waals surface area contributed by atoms with E-state index in [9.17, 15) is 18.7 Å². The molecule has 1 fully saturated rings. The molecule has 5 N–H and O–H groups in total. The molecule has 136 valence electrons. The molecule has 7 heteroatoms. The molecule has 0 aromatic carbocycles. The van der Waals surface area contributed by atoms with E-state index in [1.165, 1.54) is 0 Å². The molecule has 0 heterocycles. The molecule has 1 rings (SSSR count). The molecule has 0 aliphatic heterocycles. The lowest BCUT2D eigenvalue weighted by Gasteiger charge is -2.37. The van der Waals surface area contributed by atoms with Gasteiger partial charge in [-0.3, -0.25) is 4.79 Å². The standard InChI is InChI=1S/C16H30F2N2O3/c1-15(2,3)23-14(22)11(10-7-5-4-6-8-10)12(20)13(21)16(17,18)9-19/h10-13,21H,4-9,19-20H2,1-3H3. The van der Waals surface area contributed by atoms with Crippen LogP contribution in [0.5, 0.6) is 0 Å². The Bertz CT molecular complexity index is 393. The molecule has 0 aromatic heterocycles. The van der Waals surface area contributed by atoms with E-state index < -0.39 is 42.1 Å². The third kappa shape index (κ3) is 5.65. The number of nitrogens with two attached hydrogens (primary N) is 2. The molecular formula is C16H30F2N2O3. The van der Waals surface area contributed by atoms with E-state index in [1.54, 1.807) is 20.8 Å². The summed E-state index contributed by atoms with van der Waals surface area (Å²) in [5.74, 6) is -5.27. The van der Waals surface area contributed by atoms with Crippen LogP contribution < -0.4 is 11.5 Å². The van der Waals surface area contributed by atoms with Crippen LogP contribution >= 0.6 is 0 Å². The van der Waals surface area contributed by atoms with Crippen molar-refractivity contribution in [1.82, 2.24) is 0 Å². The first-order valence-electron chi connectivity index (χ1n) is 8.24. The molecule has 0 radical (unpaired) electrons. The topological polar surface area (TPSA) is 98.6 Å². The summed E-state index contributed by atoms with van der Waals surface area (Å²) in [7, 11) is 0. The fourth-order valence-corrected chi connectivity index (χ4v) is 3.13. The van der Waals surface area contributed by atoms with Crippen molar-refractivity contribution in [2.75, 3.05) is 6.54 Å². The minimum absolute atomic E-state index is 0.156. The Morgan fingerprint density at radius 1 is 1.26 bits per heavy atom. The zero-order chi connectivity index (χ0) is 17.8. The van der Waals surface area contributed by atoms with Crippen molar-refractivity contribution in [2.45, 2.75) is 76.5 Å². The zero-order valence-electron chi connectivity index (χ0n) is 14.2. The van der Waals surface area contributed by atoms with Crippen LogP contribution in [0.4, 0.5) is 8.78 Å². The Labute approximate surface area is 136 Å². The summed E-state index contributed by atoms with van der Waals surface area (Å²) < 4.78 is 32.8. The summed E-state index contributed by atoms with van der Waals surface area (Å²) in [5, 5.41) is 9.93. The van der Waals surface area contributed by atoms with Gasteiger partial charge in [0.15, 0.2) is 0 Å². The van der Waals surface area contributed by atoms with Gasteiger partial charge in [-0.2, -0.15) is 0 Å². The highest BCUT2D eigenvalue weighted by Gasteiger charge is 2.48. The van der Waals surface area contributed by atoms with Crippen LogP contribution in [0.1, 0.15) is 52.9 Å². The normalized spacial score (nSPS) is 21.6. The van der Waals surface area contributed by atoms with E-state index in [-0.39, 0.29) is 5.92 Å². The third-order valence-electron chi connectivity index (χ3n) is 4.32. The first kappa shape index (κ1) is 20.3. The van der Waals surface area contributed by atoms with Gasteiger partial charge in [-0.25, -0.2) is 8.78 Å². The van der Waals surface area contributed by atoms with Gasteiger partial charge in [-0.1, -0.05) is 19.3 Å². The van der Waals surface area contributed by atoms with E-state index in [1.807, 2.05) is 0 Å². The van der Waals surface area contributed by atoms with Crippen molar-refractivity contribution >= 4 is 5.97 Å². The number of esters is 1. The number of alkyl halides is 2. The predicted octanol–water partition coefficient (Wildman–Crippen LogP) is 1.81. The lowest BCUT2D eigenvalue weighted by molar-refractivity contribution is -0.170. The maximum atomic E-state index is 13.7. The number of carbonyl (C=O) groups excluding carboxylic acids is 1. The molecule has 3 atom stereocenters. The highest BCUT2D eigenvalue weighted by atomic mass is 19.3. The summed E-state index contributed by atoms with van der Waals surface area (Å²) in [4.78, 5) is 12.5. The van der Waals surface area contributed by atoms with Gasteiger partial charge in [0.25, 0.3) is 5.92 Å². The van der Waals surface area contributed by atoms with Gasteiger partial charge in [-0.15, -0.1) is 0 Å². The number of hydrogen-bond donors (Lipinski definition) is 3. The van der Waals surface area contributed by atoms with Crippen LogP contribution in [0, 0.1) is 11.8 Å². The molecule has 0 spiro atoms. The van der Waals surface area contributed by atoms with Crippen molar-refractivity contribution in [3.8, 4) is 0 Å². The average Bonchev–Trinajstić information content (AvgIpc) is 2.45. The molecular weight excluding hydrogens is 306 g/mol. The number of rotatable bonds is 6. The Hall–Kier alpha value is -0.790. The van der Waals surface area contributed by atoms with Crippen molar-refractivity contribution in [1.29, 1.82) is 0 Å². The second-order valence-corrected chi connectivity index (χ2v) is 7.44. The fourth-order valence-electron chi connectivity index (χ4n) is 3.13. The summed E-state index contributed by atoms with van der Waals surface area (Å²) in [6.07, 6.45) is 2.15. The number of aliphatic hydroxyl groups is 1. The van der Waals surface area contributed by atoms with E-state index in [2.05, 4.69) is 0 Å². The van der Waals surface area contributed by atoms with Crippen molar-refractivity contribution in [3.05, 3.63) is 0 Å². The first-order valence-corrected chi connectivity index (χ1v) is 8.24.